The van der Waals surface area contributed by atoms with E-state index in [9.17, 15) is 10.1 Å². The van der Waals surface area contributed by atoms with E-state index in [-0.39, 0.29) is 5.57 Å². The fraction of sp³-hybridized carbons (Fsp3) is 0.136. The maximum absolute atomic E-state index is 12.1. The van der Waals surface area contributed by atoms with Crippen LogP contribution in [0, 0.1) is 11.3 Å². The molecule has 0 atom stereocenters. The van der Waals surface area contributed by atoms with E-state index in [0.717, 1.165) is 17.0 Å². The van der Waals surface area contributed by atoms with Crippen molar-refractivity contribution in [3.8, 4) is 28.8 Å². The highest BCUT2D eigenvalue weighted by atomic mass is 16.5. The first-order chi connectivity index (χ1) is 13.7. The number of hydrogen-bond acceptors (Lipinski definition) is 4. The van der Waals surface area contributed by atoms with Crippen molar-refractivity contribution in [2.45, 2.75) is 6.92 Å². The third-order valence-corrected chi connectivity index (χ3v) is 4.13. The molecule has 0 bridgehead atoms. The normalized spacial score (nSPS) is 11.0. The van der Waals surface area contributed by atoms with Crippen LogP contribution in [0.3, 0.4) is 0 Å². The standard InChI is InChI=1S/C22H20N4O2/c1-3-24-22(27)17(14-23)13-18-15-26(19-7-5-4-6-8-19)25-21(18)16-9-11-20(28-2)12-10-16/h4-13,15H,3H2,1-2H3,(H,24,27). The van der Waals surface area contributed by atoms with Crippen molar-refractivity contribution in [2.24, 2.45) is 0 Å². The van der Waals surface area contributed by atoms with Gasteiger partial charge in [-0.1, -0.05) is 18.2 Å². The summed E-state index contributed by atoms with van der Waals surface area (Å²) in [4.78, 5) is 12.1. The summed E-state index contributed by atoms with van der Waals surface area (Å²) < 4.78 is 6.95. The number of carbonyl (C=O) groups is 1. The lowest BCUT2D eigenvalue weighted by Gasteiger charge is -2.03. The van der Waals surface area contributed by atoms with Gasteiger partial charge in [0, 0.05) is 23.9 Å². The second-order valence-corrected chi connectivity index (χ2v) is 5.97. The fourth-order valence-corrected chi connectivity index (χ4v) is 2.74. The highest BCUT2D eigenvalue weighted by molar-refractivity contribution is 6.02. The molecule has 0 spiro atoms. The molecule has 1 N–H and O–H groups in total. The smallest absolute Gasteiger partial charge is 0.261 e. The number of amides is 1. The van der Waals surface area contributed by atoms with Gasteiger partial charge in [0.25, 0.3) is 5.91 Å². The van der Waals surface area contributed by atoms with Gasteiger partial charge in [0.05, 0.1) is 18.5 Å². The van der Waals surface area contributed by atoms with Gasteiger partial charge in [0.15, 0.2) is 0 Å². The Bertz CT molecular complexity index is 1030. The quantitative estimate of drug-likeness (QED) is 0.530. The fourth-order valence-electron chi connectivity index (χ4n) is 2.74. The summed E-state index contributed by atoms with van der Waals surface area (Å²) in [6.45, 7) is 2.26. The number of hydrogen-bond donors (Lipinski definition) is 1. The number of para-hydroxylation sites is 1. The number of benzene rings is 2. The number of likely N-dealkylation sites (N-methyl/N-ethyl adjacent to an activating group) is 1. The van der Waals surface area contributed by atoms with Crippen LogP contribution in [0.2, 0.25) is 0 Å². The van der Waals surface area contributed by atoms with E-state index in [2.05, 4.69) is 10.4 Å². The molecule has 0 aliphatic rings. The topological polar surface area (TPSA) is 79.9 Å². The van der Waals surface area contributed by atoms with E-state index in [1.54, 1.807) is 17.9 Å². The molecule has 0 radical (unpaired) electrons. The minimum Gasteiger partial charge on any atom is -0.497 e. The first-order valence-electron chi connectivity index (χ1n) is 8.85. The van der Waals surface area contributed by atoms with Crippen LogP contribution in [-0.4, -0.2) is 29.3 Å². The van der Waals surface area contributed by atoms with E-state index in [4.69, 9.17) is 4.74 Å². The molecule has 0 fully saturated rings. The van der Waals surface area contributed by atoms with Crippen LogP contribution in [0.1, 0.15) is 12.5 Å². The molecule has 0 saturated heterocycles. The van der Waals surface area contributed by atoms with Gasteiger partial charge in [-0.2, -0.15) is 10.4 Å². The summed E-state index contributed by atoms with van der Waals surface area (Å²) >= 11 is 0. The first kappa shape index (κ1) is 18.9. The number of nitrogens with one attached hydrogen (secondary N) is 1. The minimum absolute atomic E-state index is 0.0317. The highest BCUT2D eigenvalue weighted by Gasteiger charge is 2.14. The van der Waals surface area contributed by atoms with Crippen LogP contribution in [0.15, 0.2) is 66.4 Å². The molecular weight excluding hydrogens is 352 g/mol. The molecule has 0 saturated carbocycles. The number of carbonyl (C=O) groups excluding carboxylic acids is 1. The number of rotatable bonds is 6. The van der Waals surface area contributed by atoms with Gasteiger partial charge >= 0.3 is 0 Å². The van der Waals surface area contributed by atoms with E-state index in [0.29, 0.717) is 17.8 Å². The number of nitriles is 1. The zero-order chi connectivity index (χ0) is 19.9. The Morgan fingerprint density at radius 1 is 1.21 bits per heavy atom. The van der Waals surface area contributed by atoms with Gasteiger partial charge in [0.2, 0.25) is 0 Å². The third kappa shape index (κ3) is 4.10. The van der Waals surface area contributed by atoms with Crippen LogP contribution in [-0.2, 0) is 4.79 Å². The third-order valence-electron chi connectivity index (χ3n) is 4.13. The molecule has 6 heteroatoms. The number of ether oxygens (including phenoxy) is 1. The van der Waals surface area contributed by atoms with Crippen molar-refractivity contribution in [2.75, 3.05) is 13.7 Å². The van der Waals surface area contributed by atoms with Crippen molar-refractivity contribution < 1.29 is 9.53 Å². The molecule has 1 heterocycles. The van der Waals surface area contributed by atoms with Gasteiger partial charge in [-0.3, -0.25) is 4.79 Å². The summed E-state index contributed by atoms with van der Waals surface area (Å²) in [6, 6.07) is 19.1. The summed E-state index contributed by atoms with van der Waals surface area (Å²) in [5.74, 6) is 0.335. The molecule has 6 nitrogen and oxygen atoms in total. The maximum atomic E-state index is 12.1. The highest BCUT2D eigenvalue weighted by Crippen LogP contribution is 2.27. The predicted molar refractivity (Wildman–Crippen MR) is 108 cm³/mol. The second kappa shape index (κ2) is 8.69. The van der Waals surface area contributed by atoms with E-state index in [1.165, 1.54) is 0 Å². The molecular formula is C22H20N4O2. The lowest BCUT2D eigenvalue weighted by atomic mass is 10.1. The lowest BCUT2D eigenvalue weighted by molar-refractivity contribution is -0.116. The van der Waals surface area contributed by atoms with Gasteiger partial charge in [0.1, 0.15) is 17.4 Å². The van der Waals surface area contributed by atoms with Gasteiger partial charge in [-0.25, -0.2) is 4.68 Å². The SMILES string of the molecule is CCNC(=O)C(C#N)=Cc1cn(-c2ccccc2)nc1-c1ccc(OC)cc1. The minimum atomic E-state index is -0.404. The Morgan fingerprint density at radius 2 is 1.93 bits per heavy atom. The second-order valence-electron chi connectivity index (χ2n) is 5.97. The van der Waals surface area contributed by atoms with Crippen molar-refractivity contribution in [3.63, 3.8) is 0 Å². The van der Waals surface area contributed by atoms with Crippen molar-refractivity contribution >= 4 is 12.0 Å². The molecule has 0 unspecified atom stereocenters. The lowest BCUT2D eigenvalue weighted by Crippen LogP contribution is -2.23. The van der Waals surface area contributed by atoms with Crippen LogP contribution in [0.25, 0.3) is 23.0 Å². The molecule has 140 valence electrons. The molecule has 28 heavy (non-hydrogen) atoms. The molecule has 1 aromatic heterocycles. The van der Waals surface area contributed by atoms with E-state index in [1.807, 2.05) is 73.8 Å². The summed E-state index contributed by atoms with van der Waals surface area (Å²) in [5.41, 5.74) is 3.12. The van der Waals surface area contributed by atoms with Crippen LogP contribution >= 0.6 is 0 Å². The molecule has 0 aliphatic carbocycles. The number of methoxy groups -OCH3 is 1. The average Bonchev–Trinajstić information content (AvgIpc) is 3.16. The zero-order valence-corrected chi connectivity index (χ0v) is 15.7. The predicted octanol–water partition coefficient (Wildman–Crippen LogP) is 3.59. The Hall–Kier alpha value is -3.85. The van der Waals surface area contributed by atoms with Gasteiger partial charge in [-0.15, -0.1) is 0 Å². The molecule has 0 aliphatic heterocycles. The van der Waals surface area contributed by atoms with E-state index >= 15 is 0 Å². The monoisotopic (exact) mass is 372 g/mol. The molecule has 3 aromatic rings. The summed E-state index contributed by atoms with van der Waals surface area (Å²) in [7, 11) is 1.61. The van der Waals surface area contributed by atoms with Gasteiger partial charge in [-0.05, 0) is 49.4 Å². The zero-order valence-electron chi connectivity index (χ0n) is 15.7. The Kier molecular flexibility index (Phi) is 5.87. The van der Waals surface area contributed by atoms with Gasteiger partial charge < -0.3 is 10.1 Å². The summed E-state index contributed by atoms with van der Waals surface area (Å²) in [6.07, 6.45) is 3.38. The summed E-state index contributed by atoms with van der Waals surface area (Å²) in [5, 5.41) is 16.8. The molecule has 3 rings (SSSR count). The number of aromatic nitrogens is 2. The first-order valence-corrected chi connectivity index (χ1v) is 8.85. The maximum Gasteiger partial charge on any atom is 0.261 e. The van der Waals surface area contributed by atoms with Crippen LogP contribution < -0.4 is 10.1 Å². The van der Waals surface area contributed by atoms with Crippen molar-refractivity contribution in [1.29, 1.82) is 5.26 Å². The largest absolute Gasteiger partial charge is 0.497 e. The van der Waals surface area contributed by atoms with Crippen molar-refractivity contribution in [3.05, 3.63) is 71.9 Å². The van der Waals surface area contributed by atoms with E-state index < -0.39 is 5.91 Å². The van der Waals surface area contributed by atoms with Crippen LogP contribution in [0.4, 0.5) is 0 Å². The molecule has 2 aromatic carbocycles. The average molecular weight is 372 g/mol. The van der Waals surface area contributed by atoms with Crippen molar-refractivity contribution in [1.82, 2.24) is 15.1 Å². The Morgan fingerprint density at radius 3 is 2.54 bits per heavy atom. The van der Waals surface area contributed by atoms with Crippen LogP contribution in [0.5, 0.6) is 5.75 Å². The molecule has 1 amide bonds. The Balaban J connectivity index is 2.12. The Labute approximate surface area is 163 Å². The number of nitrogens with zero attached hydrogens (tertiary/aromatic N) is 3.